The maximum absolute atomic E-state index is 6.55. The van der Waals surface area contributed by atoms with Crippen molar-refractivity contribution in [2.24, 2.45) is 0 Å². The van der Waals surface area contributed by atoms with E-state index in [0.717, 1.165) is 31.8 Å². The molecule has 0 saturated carbocycles. The molecule has 1 aromatic rings. The largest absolute Gasteiger partial charge is 0.381 e. The van der Waals surface area contributed by atoms with Crippen LogP contribution in [0.2, 0.25) is 0 Å². The molecule has 2 aliphatic rings. The van der Waals surface area contributed by atoms with E-state index < -0.39 is 0 Å². The highest BCUT2D eigenvalue weighted by molar-refractivity contribution is 9.10. The van der Waals surface area contributed by atoms with Gasteiger partial charge in [-0.2, -0.15) is 0 Å². The molecule has 2 atom stereocenters. The molecule has 2 nitrogen and oxygen atoms in total. The van der Waals surface area contributed by atoms with Crippen LogP contribution in [0.25, 0.3) is 0 Å². The normalized spacial score (nSPS) is 25.9. The summed E-state index contributed by atoms with van der Waals surface area (Å²) in [5.74, 6) is 2.48. The van der Waals surface area contributed by atoms with Crippen LogP contribution in [-0.4, -0.2) is 30.8 Å². The van der Waals surface area contributed by atoms with E-state index in [-0.39, 0.29) is 17.0 Å². The highest BCUT2D eigenvalue weighted by Gasteiger charge is 2.25. The average Bonchev–Trinajstić information content (AvgIpc) is 2.93. The number of rotatable bonds is 5. The number of allylic oxidation sites excluding steroid dienone is 2. The topological polar surface area (TPSA) is 18.5 Å². The fourth-order valence-electron chi connectivity index (χ4n) is 3.17. The van der Waals surface area contributed by atoms with Gasteiger partial charge in [-0.15, -0.1) is 0 Å². The van der Waals surface area contributed by atoms with Gasteiger partial charge in [0.25, 0.3) is 0 Å². The number of ether oxygens (including phenoxy) is 2. The van der Waals surface area contributed by atoms with Crippen LogP contribution in [0.1, 0.15) is 37.9 Å². The molecule has 4 heteroatoms. The van der Waals surface area contributed by atoms with Crippen molar-refractivity contribution in [3.8, 4) is 0 Å². The second kappa shape index (κ2) is 8.00. The summed E-state index contributed by atoms with van der Waals surface area (Å²) in [4.78, 5) is 1.60. The number of halogens is 1. The third-order valence-electron chi connectivity index (χ3n) is 4.50. The molecule has 2 unspecified atom stereocenters. The second-order valence-electron chi connectivity index (χ2n) is 6.04. The van der Waals surface area contributed by atoms with Gasteiger partial charge in [-0.1, -0.05) is 40.2 Å². The van der Waals surface area contributed by atoms with E-state index in [1.807, 2.05) is 0 Å². The molecule has 3 rings (SSSR count). The zero-order valence-electron chi connectivity index (χ0n) is 13.1. The van der Waals surface area contributed by atoms with Gasteiger partial charge in [0.1, 0.15) is 0 Å². The van der Waals surface area contributed by atoms with Gasteiger partial charge < -0.3 is 9.47 Å². The lowest BCUT2D eigenvalue weighted by Gasteiger charge is -2.31. The summed E-state index contributed by atoms with van der Waals surface area (Å²) in [5.41, 5.74) is 1.30. The van der Waals surface area contributed by atoms with Gasteiger partial charge in [0.15, 0.2) is 0 Å². The fourth-order valence-corrected chi connectivity index (χ4v) is 6.04. The summed E-state index contributed by atoms with van der Waals surface area (Å²) in [5, 5.41) is 0. The van der Waals surface area contributed by atoms with E-state index >= 15 is 0 Å². The molecule has 0 N–H and O–H groups in total. The highest BCUT2D eigenvalue weighted by Crippen LogP contribution is 2.45. The van der Waals surface area contributed by atoms with Gasteiger partial charge in [-0.05, 0) is 48.5 Å². The molecule has 1 fully saturated rings. The lowest BCUT2D eigenvalue weighted by Crippen LogP contribution is -2.26. The number of benzene rings is 1. The van der Waals surface area contributed by atoms with Gasteiger partial charge in [-0.3, -0.25) is 0 Å². The monoisotopic (exact) mass is 384 g/mol. The Hall–Kier alpha value is -0.290. The Morgan fingerprint density at radius 1 is 1.32 bits per heavy atom. The average molecular weight is 385 g/mol. The molecule has 2 aliphatic heterocycles. The highest BCUT2D eigenvalue weighted by atomic mass is 79.9. The van der Waals surface area contributed by atoms with E-state index in [1.165, 1.54) is 22.2 Å². The van der Waals surface area contributed by atoms with E-state index in [4.69, 9.17) is 9.47 Å². The van der Waals surface area contributed by atoms with Gasteiger partial charge in [0.2, 0.25) is 0 Å². The summed E-state index contributed by atoms with van der Waals surface area (Å²) in [6.07, 6.45) is 6.25. The Bertz CT molecular complexity index is 526. The van der Waals surface area contributed by atoms with E-state index in [0.29, 0.717) is 6.10 Å². The molecule has 0 aromatic heterocycles. The SMILES string of the molecule is CC1=CCC[SH]1CC(OC1CCOCC1)c1ccccc1Br. The van der Waals surface area contributed by atoms with E-state index in [1.54, 1.807) is 4.91 Å². The first kappa shape index (κ1) is 16.6. The molecule has 0 aliphatic carbocycles. The minimum Gasteiger partial charge on any atom is -0.381 e. The van der Waals surface area contributed by atoms with Crippen LogP contribution in [0.4, 0.5) is 0 Å². The fraction of sp³-hybridized carbons (Fsp3) is 0.556. The standard InChI is InChI=1S/C18H25BrO2S/c1-14-5-4-12-22(14)13-18(16-6-2-3-7-17(16)19)21-15-8-10-20-11-9-15/h2-3,5-7,15,18,22H,4,8-13H2,1H3. The van der Waals surface area contributed by atoms with Gasteiger partial charge in [0, 0.05) is 23.4 Å². The predicted octanol–water partition coefficient (Wildman–Crippen LogP) is 4.99. The van der Waals surface area contributed by atoms with Crippen LogP contribution in [0.3, 0.4) is 0 Å². The molecule has 0 amide bonds. The molecule has 1 saturated heterocycles. The van der Waals surface area contributed by atoms with Crippen molar-refractivity contribution in [1.29, 1.82) is 0 Å². The molecular weight excluding hydrogens is 360 g/mol. The molecule has 1 aromatic carbocycles. The van der Waals surface area contributed by atoms with Crippen molar-refractivity contribution in [3.05, 3.63) is 45.3 Å². The summed E-state index contributed by atoms with van der Waals surface area (Å²) < 4.78 is 13.2. The quantitative estimate of drug-likeness (QED) is 0.720. The van der Waals surface area contributed by atoms with E-state index in [9.17, 15) is 0 Å². The van der Waals surface area contributed by atoms with Crippen LogP contribution < -0.4 is 0 Å². The molecule has 0 bridgehead atoms. The van der Waals surface area contributed by atoms with Gasteiger partial charge >= 0.3 is 0 Å². The maximum atomic E-state index is 6.55. The van der Waals surface area contributed by atoms with E-state index in [2.05, 4.69) is 53.2 Å². The van der Waals surface area contributed by atoms with Crippen LogP contribution in [-0.2, 0) is 9.47 Å². The van der Waals surface area contributed by atoms with Crippen LogP contribution in [0.15, 0.2) is 39.7 Å². The minimum absolute atomic E-state index is 0.0245. The maximum Gasteiger partial charge on any atom is 0.0916 e. The van der Waals surface area contributed by atoms with Crippen molar-refractivity contribution >= 4 is 26.8 Å². The van der Waals surface area contributed by atoms with Gasteiger partial charge in [-0.25, -0.2) is 10.9 Å². The Balaban J connectivity index is 1.75. The van der Waals surface area contributed by atoms with Crippen molar-refractivity contribution in [2.45, 2.75) is 38.4 Å². The molecule has 0 spiro atoms. The molecule has 0 radical (unpaired) electrons. The lowest BCUT2D eigenvalue weighted by molar-refractivity contribution is -0.0622. The van der Waals surface area contributed by atoms with Gasteiger partial charge in [0.05, 0.1) is 12.2 Å². The van der Waals surface area contributed by atoms with Crippen molar-refractivity contribution < 1.29 is 9.47 Å². The van der Waals surface area contributed by atoms with Crippen LogP contribution in [0.5, 0.6) is 0 Å². The molecular formula is C18H25BrO2S. The Labute approximate surface area is 144 Å². The van der Waals surface area contributed by atoms with Crippen molar-refractivity contribution in [3.63, 3.8) is 0 Å². The van der Waals surface area contributed by atoms with Crippen molar-refractivity contribution in [1.82, 2.24) is 0 Å². The Kier molecular flexibility index (Phi) is 6.02. The zero-order valence-corrected chi connectivity index (χ0v) is 15.6. The summed E-state index contributed by atoms with van der Waals surface area (Å²) in [6, 6.07) is 8.52. The van der Waals surface area contributed by atoms with Crippen LogP contribution >= 0.6 is 26.8 Å². The Morgan fingerprint density at radius 2 is 2.09 bits per heavy atom. The minimum atomic E-state index is -0.0245. The summed E-state index contributed by atoms with van der Waals surface area (Å²) >= 11 is 3.71. The third-order valence-corrected chi connectivity index (χ3v) is 7.97. The smallest absolute Gasteiger partial charge is 0.0916 e. The lowest BCUT2D eigenvalue weighted by atomic mass is 10.1. The second-order valence-corrected chi connectivity index (χ2v) is 9.49. The number of hydrogen-bond donors (Lipinski definition) is 1. The first-order chi connectivity index (χ1) is 10.7. The molecule has 2 heterocycles. The first-order valence-electron chi connectivity index (χ1n) is 8.13. The molecule has 122 valence electrons. The first-order valence-corrected chi connectivity index (χ1v) is 10.6. The number of hydrogen-bond acceptors (Lipinski definition) is 2. The van der Waals surface area contributed by atoms with Crippen LogP contribution in [0, 0.1) is 0 Å². The summed E-state index contributed by atoms with van der Waals surface area (Å²) in [7, 11) is -0.0245. The zero-order chi connectivity index (χ0) is 15.4. The summed E-state index contributed by atoms with van der Waals surface area (Å²) in [6.45, 7) is 3.96. The Morgan fingerprint density at radius 3 is 2.77 bits per heavy atom. The molecule has 22 heavy (non-hydrogen) atoms. The third kappa shape index (κ3) is 4.16. The number of thiol groups is 1. The predicted molar refractivity (Wildman–Crippen MR) is 98.9 cm³/mol. The van der Waals surface area contributed by atoms with Crippen molar-refractivity contribution in [2.75, 3.05) is 24.7 Å².